The second-order valence-corrected chi connectivity index (χ2v) is 11.6. The van der Waals surface area contributed by atoms with Crippen LogP contribution in [0, 0.1) is 0 Å². The SMILES string of the molecule is CCN(CC)CCOc1cc(CNC(=O)OCc2ccccc2)ccc1OC.COc1ccc(CNC(=O)OCc2ccccc2)cc1OCCCl. The summed E-state index contributed by atoms with van der Waals surface area (Å²) in [6, 6.07) is 30.2. The van der Waals surface area contributed by atoms with Crippen molar-refractivity contribution in [2.75, 3.05) is 52.9 Å². The maximum atomic E-state index is 11.9. The Morgan fingerprint density at radius 2 is 1.04 bits per heavy atom. The molecular weight excluding hydrogens is 686 g/mol. The van der Waals surface area contributed by atoms with Crippen LogP contribution < -0.4 is 29.6 Å². The van der Waals surface area contributed by atoms with Crippen molar-refractivity contribution < 1.29 is 38.0 Å². The number of nitrogens with zero attached hydrogens (tertiary/aromatic N) is 1. The highest BCUT2D eigenvalue weighted by molar-refractivity contribution is 6.18. The monoisotopic (exact) mass is 735 g/mol. The van der Waals surface area contributed by atoms with E-state index >= 15 is 0 Å². The Morgan fingerprint density at radius 1 is 0.596 bits per heavy atom. The number of alkyl halides is 1. The number of halogens is 1. The van der Waals surface area contributed by atoms with E-state index in [0.717, 1.165) is 41.9 Å². The van der Waals surface area contributed by atoms with Gasteiger partial charge >= 0.3 is 12.2 Å². The van der Waals surface area contributed by atoms with Crippen molar-refractivity contribution in [1.29, 1.82) is 0 Å². The maximum Gasteiger partial charge on any atom is 0.407 e. The molecule has 52 heavy (non-hydrogen) atoms. The summed E-state index contributed by atoms with van der Waals surface area (Å²) in [5.74, 6) is 2.95. The van der Waals surface area contributed by atoms with Gasteiger partial charge in [0.2, 0.25) is 0 Å². The Hall–Kier alpha value is -5.13. The van der Waals surface area contributed by atoms with Crippen molar-refractivity contribution >= 4 is 23.8 Å². The van der Waals surface area contributed by atoms with Gasteiger partial charge < -0.3 is 44.0 Å². The molecule has 0 heterocycles. The average molecular weight is 736 g/mol. The molecule has 12 heteroatoms. The standard InChI is InChI=1S/C22H30N2O4.C18H20ClNO4/c1-4-24(5-2)13-14-27-21-15-19(11-12-20(21)26-3)16-23-22(25)28-17-18-9-7-6-8-10-18;1-22-16-8-7-15(11-17(16)23-10-9-19)12-20-18(21)24-13-14-5-3-2-4-6-14/h6-12,15H,4-5,13-14,16-17H2,1-3H3,(H,23,25);2-8,11H,9-10,12-13H2,1H3,(H,20,21). The minimum atomic E-state index is -0.474. The molecule has 4 aromatic rings. The number of likely N-dealkylation sites (N-methyl/N-ethyl adjacent to an activating group) is 1. The highest BCUT2D eigenvalue weighted by Gasteiger charge is 2.10. The molecule has 0 radical (unpaired) electrons. The van der Waals surface area contributed by atoms with Crippen LogP contribution in [0.1, 0.15) is 36.1 Å². The number of alkyl carbamates (subject to hydrolysis) is 2. The molecular formula is C40H50ClN3O8. The Labute approximate surface area is 312 Å². The summed E-state index contributed by atoms with van der Waals surface area (Å²) >= 11 is 5.64. The second-order valence-electron chi connectivity index (χ2n) is 11.2. The van der Waals surface area contributed by atoms with Gasteiger partial charge in [0.15, 0.2) is 23.0 Å². The van der Waals surface area contributed by atoms with Gasteiger partial charge in [-0.2, -0.15) is 0 Å². The highest BCUT2D eigenvalue weighted by Crippen LogP contribution is 2.29. The molecule has 0 aliphatic heterocycles. The fourth-order valence-electron chi connectivity index (χ4n) is 4.76. The van der Waals surface area contributed by atoms with E-state index in [9.17, 15) is 9.59 Å². The molecule has 280 valence electrons. The first-order chi connectivity index (χ1) is 25.4. The van der Waals surface area contributed by atoms with Gasteiger partial charge in [-0.3, -0.25) is 0 Å². The molecule has 0 fully saturated rings. The van der Waals surface area contributed by atoms with Gasteiger partial charge in [-0.25, -0.2) is 9.59 Å². The fraction of sp³-hybridized carbons (Fsp3) is 0.350. The van der Waals surface area contributed by atoms with E-state index in [4.69, 9.17) is 40.0 Å². The van der Waals surface area contributed by atoms with Crippen molar-refractivity contribution in [3.05, 3.63) is 119 Å². The zero-order chi connectivity index (χ0) is 37.4. The molecule has 4 rings (SSSR count). The third-order valence-corrected chi connectivity index (χ3v) is 7.80. The lowest BCUT2D eigenvalue weighted by atomic mass is 10.2. The fourth-order valence-corrected chi connectivity index (χ4v) is 4.83. The van der Waals surface area contributed by atoms with E-state index in [-0.39, 0.29) is 13.2 Å². The van der Waals surface area contributed by atoms with Crippen molar-refractivity contribution in [2.24, 2.45) is 0 Å². The van der Waals surface area contributed by atoms with Crippen LogP contribution in [0.15, 0.2) is 97.1 Å². The summed E-state index contributed by atoms with van der Waals surface area (Å²) in [5.41, 5.74) is 3.67. The molecule has 0 saturated carbocycles. The van der Waals surface area contributed by atoms with Crippen LogP contribution in [-0.4, -0.2) is 70.0 Å². The number of hydrogen-bond donors (Lipinski definition) is 2. The van der Waals surface area contributed by atoms with E-state index in [1.807, 2.05) is 91.0 Å². The predicted molar refractivity (Wildman–Crippen MR) is 202 cm³/mol. The van der Waals surface area contributed by atoms with E-state index in [1.165, 1.54) is 0 Å². The lowest BCUT2D eigenvalue weighted by molar-refractivity contribution is 0.138. The quantitative estimate of drug-likeness (QED) is 0.0941. The maximum absolute atomic E-state index is 11.9. The highest BCUT2D eigenvalue weighted by atomic mass is 35.5. The molecule has 0 unspecified atom stereocenters. The van der Waals surface area contributed by atoms with Crippen LogP contribution in [0.25, 0.3) is 0 Å². The number of carbonyl (C=O) groups is 2. The summed E-state index contributed by atoms with van der Waals surface area (Å²) in [5, 5.41) is 5.47. The van der Waals surface area contributed by atoms with Gasteiger partial charge in [0, 0.05) is 19.6 Å². The molecule has 0 atom stereocenters. The Kier molecular flexibility index (Phi) is 19.2. The summed E-state index contributed by atoms with van der Waals surface area (Å²) in [6.45, 7) is 9.22. The topological polar surface area (TPSA) is 117 Å². The predicted octanol–water partition coefficient (Wildman–Crippen LogP) is 7.58. The van der Waals surface area contributed by atoms with Crippen molar-refractivity contribution in [3.63, 3.8) is 0 Å². The first-order valence-corrected chi connectivity index (χ1v) is 17.7. The van der Waals surface area contributed by atoms with Crippen LogP contribution in [0.2, 0.25) is 0 Å². The summed E-state index contributed by atoms with van der Waals surface area (Å²) in [4.78, 5) is 26.0. The van der Waals surface area contributed by atoms with Gasteiger partial charge in [0.1, 0.15) is 26.4 Å². The van der Waals surface area contributed by atoms with Crippen LogP contribution in [-0.2, 0) is 35.8 Å². The number of amides is 2. The van der Waals surface area contributed by atoms with Gasteiger partial charge in [-0.05, 0) is 59.6 Å². The summed E-state index contributed by atoms with van der Waals surface area (Å²) in [6.07, 6.45) is -0.929. The van der Waals surface area contributed by atoms with Crippen molar-refractivity contribution in [3.8, 4) is 23.0 Å². The largest absolute Gasteiger partial charge is 0.493 e. The van der Waals surface area contributed by atoms with Gasteiger partial charge in [0.25, 0.3) is 0 Å². The third-order valence-electron chi connectivity index (χ3n) is 7.65. The Bertz CT molecular complexity index is 1610. The van der Waals surface area contributed by atoms with Crippen molar-refractivity contribution in [1.82, 2.24) is 15.5 Å². The Morgan fingerprint density at radius 3 is 1.44 bits per heavy atom. The average Bonchev–Trinajstić information content (AvgIpc) is 3.19. The molecule has 0 aliphatic rings. The van der Waals surface area contributed by atoms with E-state index in [0.29, 0.717) is 55.2 Å². The zero-order valence-electron chi connectivity index (χ0n) is 30.4. The van der Waals surface area contributed by atoms with E-state index < -0.39 is 12.2 Å². The molecule has 11 nitrogen and oxygen atoms in total. The van der Waals surface area contributed by atoms with Crippen LogP contribution in [0.3, 0.4) is 0 Å². The molecule has 0 spiro atoms. The first kappa shape index (κ1) is 41.3. The molecule has 4 aromatic carbocycles. The normalized spacial score (nSPS) is 10.3. The number of rotatable bonds is 19. The van der Waals surface area contributed by atoms with Gasteiger partial charge in [-0.15, -0.1) is 11.6 Å². The Balaban J connectivity index is 0.000000284. The molecule has 2 N–H and O–H groups in total. The number of nitrogens with one attached hydrogen (secondary N) is 2. The number of benzene rings is 4. The smallest absolute Gasteiger partial charge is 0.407 e. The summed E-state index contributed by atoms with van der Waals surface area (Å²) in [7, 11) is 3.19. The van der Waals surface area contributed by atoms with Crippen LogP contribution >= 0.6 is 11.6 Å². The second kappa shape index (κ2) is 24.1. The number of carbonyl (C=O) groups excluding carboxylic acids is 2. The van der Waals surface area contributed by atoms with Gasteiger partial charge in [-0.1, -0.05) is 86.6 Å². The molecule has 0 saturated heterocycles. The minimum Gasteiger partial charge on any atom is -0.493 e. The summed E-state index contributed by atoms with van der Waals surface area (Å²) < 4.78 is 32.4. The molecule has 0 bridgehead atoms. The van der Waals surface area contributed by atoms with Gasteiger partial charge in [0.05, 0.1) is 20.1 Å². The third kappa shape index (κ3) is 15.4. The first-order valence-electron chi connectivity index (χ1n) is 17.2. The van der Waals surface area contributed by atoms with E-state index in [1.54, 1.807) is 20.3 Å². The number of methoxy groups -OCH3 is 2. The lowest BCUT2D eigenvalue weighted by Crippen LogP contribution is -2.28. The minimum absolute atomic E-state index is 0.235. The molecule has 0 aliphatic carbocycles. The molecule has 0 aromatic heterocycles. The number of ether oxygens (including phenoxy) is 6. The lowest BCUT2D eigenvalue weighted by Gasteiger charge is -2.19. The van der Waals surface area contributed by atoms with Crippen molar-refractivity contribution in [2.45, 2.75) is 40.2 Å². The van der Waals surface area contributed by atoms with E-state index in [2.05, 4.69) is 29.4 Å². The molecule has 2 amide bonds. The number of hydrogen-bond acceptors (Lipinski definition) is 9. The van der Waals surface area contributed by atoms with Crippen LogP contribution in [0.4, 0.5) is 9.59 Å². The van der Waals surface area contributed by atoms with Crippen LogP contribution in [0.5, 0.6) is 23.0 Å². The zero-order valence-corrected chi connectivity index (χ0v) is 31.2.